The molecule has 1 amide bonds. The molecule has 3 aromatic rings. The minimum absolute atomic E-state index is 0.0580. The van der Waals surface area contributed by atoms with Crippen LogP contribution in [0.4, 0.5) is 17.1 Å². The lowest BCUT2D eigenvalue weighted by Gasteiger charge is -2.16. The van der Waals surface area contributed by atoms with E-state index < -0.39 is 0 Å². The van der Waals surface area contributed by atoms with Gasteiger partial charge in [0, 0.05) is 42.1 Å². The Labute approximate surface area is 162 Å². The molecular weight excluding hydrogens is 362 g/mol. The van der Waals surface area contributed by atoms with Gasteiger partial charge in [0.1, 0.15) is 6.07 Å². The summed E-state index contributed by atoms with van der Waals surface area (Å²) < 4.78 is 0. The van der Waals surface area contributed by atoms with Gasteiger partial charge in [-0.2, -0.15) is 5.26 Å². The number of benzene rings is 2. The molecule has 0 unspecified atom stereocenters. The number of hydrogen-bond donors (Lipinski definition) is 2. The minimum atomic E-state index is -0.0580. The molecule has 7 heteroatoms. The first kappa shape index (κ1) is 18.5. The van der Waals surface area contributed by atoms with Gasteiger partial charge < -0.3 is 16.0 Å². The number of nitrogens with one attached hydrogen (secondary N) is 1. The maximum atomic E-state index is 12.2. The number of anilines is 3. The number of halogens is 1. The van der Waals surface area contributed by atoms with Crippen LogP contribution in [-0.4, -0.2) is 29.9 Å². The standard InChI is InChI=1S/C20H18ClN5O/c1-26(2)18(27)7-12-6-15(23)9-17-19(12)24-11-13(10-22)20(17)25-16-5-3-4-14(21)8-16/h3-6,8-9,11H,7,23H2,1-2H3,(H,24,25). The molecule has 0 fully saturated rings. The van der Waals surface area contributed by atoms with E-state index in [1.165, 1.54) is 11.1 Å². The summed E-state index contributed by atoms with van der Waals surface area (Å²) in [5.74, 6) is -0.0580. The van der Waals surface area contributed by atoms with Gasteiger partial charge >= 0.3 is 0 Å². The number of nitrogen functional groups attached to an aromatic ring is 1. The Morgan fingerprint density at radius 3 is 2.78 bits per heavy atom. The number of pyridine rings is 1. The number of amides is 1. The molecule has 136 valence electrons. The minimum Gasteiger partial charge on any atom is -0.399 e. The van der Waals surface area contributed by atoms with Crippen LogP contribution in [-0.2, 0) is 11.2 Å². The highest BCUT2D eigenvalue weighted by atomic mass is 35.5. The molecule has 0 aliphatic rings. The number of aromatic nitrogens is 1. The van der Waals surface area contributed by atoms with Crippen molar-refractivity contribution < 1.29 is 4.79 Å². The Bertz CT molecular complexity index is 1070. The predicted octanol–water partition coefficient (Wildman–Crippen LogP) is 3.72. The number of likely N-dealkylation sites (N-methyl/N-ethyl adjacent to an activating group) is 1. The van der Waals surface area contributed by atoms with Gasteiger partial charge in [-0.3, -0.25) is 9.78 Å². The van der Waals surface area contributed by atoms with Gasteiger partial charge in [-0.05, 0) is 35.9 Å². The van der Waals surface area contributed by atoms with E-state index in [4.69, 9.17) is 17.3 Å². The monoisotopic (exact) mass is 379 g/mol. The molecule has 0 bridgehead atoms. The summed E-state index contributed by atoms with van der Waals surface area (Å²) in [6, 6.07) is 12.8. The van der Waals surface area contributed by atoms with Crippen LogP contribution in [0.15, 0.2) is 42.6 Å². The number of fused-ring (bicyclic) bond motifs is 1. The van der Waals surface area contributed by atoms with Crippen LogP contribution in [0.25, 0.3) is 10.9 Å². The first-order valence-corrected chi connectivity index (χ1v) is 8.61. The fraction of sp³-hybridized carbons (Fsp3) is 0.150. The summed E-state index contributed by atoms with van der Waals surface area (Å²) in [7, 11) is 3.40. The second kappa shape index (κ2) is 7.52. The first-order valence-electron chi connectivity index (χ1n) is 8.23. The van der Waals surface area contributed by atoms with Crippen LogP contribution in [0.2, 0.25) is 5.02 Å². The molecule has 3 N–H and O–H groups in total. The average molecular weight is 380 g/mol. The van der Waals surface area contributed by atoms with E-state index in [9.17, 15) is 10.1 Å². The van der Waals surface area contributed by atoms with E-state index in [1.54, 1.807) is 38.4 Å². The third-order valence-corrected chi connectivity index (χ3v) is 4.36. The highest BCUT2D eigenvalue weighted by Gasteiger charge is 2.16. The number of carbonyl (C=O) groups is 1. The Morgan fingerprint density at radius 2 is 2.11 bits per heavy atom. The topological polar surface area (TPSA) is 95.0 Å². The SMILES string of the molecule is CN(C)C(=O)Cc1cc(N)cc2c(Nc3cccc(Cl)c3)c(C#N)cnc12. The molecule has 0 atom stereocenters. The quantitative estimate of drug-likeness (QED) is 0.673. The average Bonchev–Trinajstić information content (AvgIpc) is 2.62. The summed E-state index contributed by atoms with van der Waals surface area (Å²) in [6.07, 6.45) is 1.67. The molecule has 3 rings (SSSR count). The Balaban J connectivity index is 2.18. The van der Waals surface area contributed by atoms with E-state index in [0.29, 0.717) is 38.4 Å². The molecule has 0 aliphatic carbocycles. The van der Waals surface area contributed by atoms with Crippen molar-refractivity contribution in [1.82, 2.24) is 9.88 Å². The van der Waals surface area contributed by atoms with E-state index >= 15 is 0 Å². The van der Waals surface area contributed by atoms with Gasteiger partial charge in [-0.15, -0.1) is 0 Å². The van der Waals surface area contributed by atoms with Crippen LogP contribution in [0.1, 0.15) is 11.1 Å². The van der Waals surface area contributed by atoms with E-state index in [2.05, 4.69) is 16.4 Å². The van der Waals surface area contributed by atoms with Crippen LogP contribution in [0, 0.1) is 11.3 Å². The Kier molecular flexibility index (Phi) is 5.15. The molecule has 1 aromatic heterocycles. The van der Waals surface area contributed by atoms with Gasteiger partial charge in [0.2, 0.25) is 5.91 Å². The van der Waals surface area contributed by atoms with E-state index in [0.717, 1.165) is 5.69 Å². The highest BCUT2D eigenvalue weighted by molar-refractivity contribution is 6.30. The van der Waals surface area contributed by atoms with Crippen molar-refractivity contribution in [1.29, 1.82) is 5.26 Å². The summed E-state index contributed by atoms with van der Waals surface area (Å²) in [6.45, 7) is 0. The highest BCUT2D eigenvalue weighted by Crippen LogP contribution is 2.33. The van der Waals surface area contributed by atoms with Crippen molar-refractivity contribution in [2.45, 2.75) is 6.42 Å². The largest absolute Gasteiger partial charge is 0.399 e. The molecular formula is C20H18ClN5O. The lowest BCUT2D eigenvalue weighted by Crippen LogP contribution is -2.23. The van der Waals surface area contributed by atoms with E-state index in [1.807, 2.05) is 12.1 Å². The lowest BCUT2D eigenvalue weighted by molar-refractivity contribution is -0.127. The Hall–Kier alpha value is -3.30. The van der Waals surface area contributed by atoms with Crippen LogP contribution >= 0.6 is 11.6 Å². The van der Waals surface area contributed by atoms with Gasteiger partial charge in [0.05, 0.1) is 23.2 Å². The van der Waals surface area contributed by atoms with Crippen molar-refractivity contribution in [2.75, 3.05) is 25.1 Å². The molecule has 0 saturated carbocycles. The van der Waals surface area contributed by atoms with Gasteiger partial charge in [0.25, 0.3) is 0 Å². The fourth-order valence-electron chi connectivity index (χ4n) is 2.79. The van der Waals surface area contributed by atoms with Crippen LogP contribution in [0.5, 0.6) is 0 Å². The van der Waals surface area contributed by atoms with Crippen molar-refractivity contribution in [3.05, 3.63) is 58.7 Å². The number of rotatable bonds is 4. The number of nitriles is 1. The van der Waals surface area contributed by atoms with Gasteiger partial charge in [0.15, 0.2) is 0 Å². The first-order chi connectivity index (χ1) is 12.9. The number of nitrogens with zero attached hydrogens (tertiary/aromatic N) is 3. The van der Waals surface area contributed by atoms with Crippen molar-refractivity contribution >= 4 is 45.5 Å². The maximum absolute atomic E-state index is 12.2. The zero-order valence-electron chi connectivity index (χ0n) is 15.0. The third kappa shape index (κ3) is 3.94. The molecule has 27 heavy (non-hydrogen) atoms. The van der Waals surface area contributed by atoms with Crippen molar-refractivity contribution in [3.8, 4) is 6.07 Å². The second-order valence-electron chi connectivity index (χ2n) is 6.34. The predicted molar refractivity (Wildman–Crippen MR) is 108 cm³/mol. The van der Waals surface area contributed by atoms with Crippen LogP contribution < -0.4 is 11.1 Å². The third-order valence-electron chi connectivity index (χ3n) is 4.13. The fourth-order valence-corrected chi connectivity index (χ4v) is 2.98. The number of nitrogens with two attached hydrogens (primary N) is 1. The summed E-state index contributed by atoms with van der Waals surface area (Å²) in [5, 5.41) is 14.0. The molecule has 0 saturated heterocycles. The molecule has 1 heterocycles. The number of hydrogen-bond acceptors (Lipinski definition) is 5. The summed E-state index contributed by atoms with van der Waals surface area (Å²) in [4.78, 5) is 18.1. The zero-order chi connectivity index (χ0) is 19.6. The molecule has 6 nitrogen and oxygen atoms in total. The zero-order valence-corrected chi connectivity index (χ0v) is 15.7. The molecule has 0 radical (unpaired) electrons. The summed E-state index contributed by atoms with van der Waals surface area (Å²) >= 11 is 6.06. The molecule has 2 aromatic carbocycles. The van der Waals surface area contributed by atoms with Crippen molar-refractivity contribution in [3.63, 3.8) is 0 Å². The van der Waals surface area contributed by atoms with Gasteiger partial charge in [-0.25, -0.2) is 0 Å². The molecule has 0 aliphatic heterocycles. The smallest absolute Gasteiger partial charge is 0.226 e. The maximum Gasteiger partial charge on any atom is 0.226 e. The number of carbonyl (C=O) groups excluding carboxylic acids is 1. The van der Waals surface area contributed by atoms with Gasteiger partial charge in [-0.1, -0.05) is 17.7 Å². The second-order valence-corrected chi connectivity index (χ2v) is 6.77. The normalized spacial score (nSPS) is 10.4. The van der Waals surface area contributed by atoms with E-state index in [-0.39, 0.29) is 12.3 Å². The lowest BCUT2D eigenvalue weighted by atomic mass is 10.0. The Morgan fingerprint density at radius 1 is 1.33 bits per heavy atom. The van der Waals surface area contributed by atoms with Crippen molar-refractivity contribution in [2.24, 2.45) is 0 Å². The van der Waals surface area contributed by atoms with Crippen LogP contribution in [0.3, 0.4) is 0 Å². The summed E-state index contributed by atoms with van der Waals surface area (Å²) in [5.41, 5.74) is 9.59. The molecule has 0 spiro atoms.